The second-order valence-corrected chi connectivity index (χ2v) is 7.04. The summed E-state index contributed by atoms with van der Waals surface area (Å²) in [6.45, 7) is 0. The van der Waals surface area contributed by atoms with E-state index in [2.05, 4.69) is 26.1 Å². The smallest absolute Gasteiger partial charge is 0.183 e. The molecule has 0 saturated heterocycles. The van der Waals surface area contributed by atoms with Crippen molar-refractivity contribution in [2.75, 3.05) is 7.11 Å². The Morgan fingerprint density at radius 1 is 1.19 bits per heavy atom. The Labute approximate surface area is 164 Å². The predicted molar refractivity (Wildman–Crippen MR) is 104 cm³/mol. The van der Waals surface area contributed by atoms with Gasteiger partial charge in [0.15, 0.2) is 17.3 Å². The summed E-state index contributed by atoms with van der Waals surface area (Å²) in [6.07, 6.45) is 1.98. The number of methoxy groups -OCH3 is 1. The van der Waals surface area contributed by atoms with E-state index >= 15 is 0 Å². The van der Waals surface area contributed by atoms with Gasteiger partial charge in [-0.1, -0.05) is 18.2 Å². The van der Waals surface area contributed by atoms with Gasteiger partial charge in [-0.2, -0.15) is 5.10 Å². The van der Waals surface area contributed by atoms with E-state index in [1.165, 1.54) is 0 Å². The standard InChI is InChI=1S/C20H16BrN3O3/c1-26-18-8-11(6-7-17(18)27-16-5-3-2-4-14(16)21)12-9-15(25)19(22)20-13(12)10-23-24-20/h2-8,10,12,22H,9H2,1H3,(H,23,24). The number of ether oxygens (including phenoxy) is 2. The largest absolute Gasteiger partial charge is 0.493 e. The number of nitrogens with one attached hydrogen (secondary N) is 2. The van der Waals surface area contributed by atoms with Crippen molar-refractivity contribution in [3.8, 4) is 17.2 Å². The van der Waals surface area contributed by atoms with Gasteiger partial charge in [-0.15, -0.1) is 0 Å². The maximum absolute atomic E-state index is 12.2. The fraction of sp³-hybridized carbons (Fsp3) is 0.150. The molecule has 1 unspecified atom stereocenters. The van der Waals surface area contributed by atoms with Crippen molar-refractivity contribution >= 4 is 27.4 Å². The molecule has 1 atom stereocenters. The van der Waals surface area contributed by atoms with Crippen LogP contribution in [0.15, 0.2) is 53.1 Å². The summed E-state index contributed by atoms with van der Waals surface area (Å²) in [5, 5.41) is 14.7. The van der Waals surface area contributed by atoms with E-state index in [1.54, 1.807) is 13.3 Å². The van der Waals surface area contributed by atoms with E-state index in [0.717, 1.165) is 15.6 Å². The minimum Gasteiger partial charge on any atom is -0.493 e. The molecule has 4 rings (SSSR count). The summed E-state index contributed by atoms with van der Waals surface area (Å²) in [4.78, 5) is 12.2. The van der Waals surface area contributed by atoms with Gasteiger partial charge < -0.3 is 9.47 Å². The molecule has 0 amide bonds. The van der Waals surface area contributed by atoms with Gasteiger partial charge in [0.05, 0.1) is 11.6 Å². The van der Waals surface area contributed by atoms with Crippen molar-refractivity contribution in [2.45, 2.75) is 12.3 Å². The summed E-state index contributed by atoms with van der Waals surface area (Å²) in [5.41, 5.74) is 2.14. The summed E-state index contributed by atoms with van der Waals surface area (Å²) in [5.74, 6) is 1.44. The molecule has 3 aromatic rings. The third kappa shape index (κ3) is 3.14. The lowest BCUT2D eigenvalue weighted by atomic mass is 9.80. The molecule has 0 spiro atoms. The number of hydrogen-bond donors (Lipinski definition) is 2. The number of hydrogen-bond acceptors (Lipinski definition) is 5. The van der Waals surface area contributed by atoms with Crippen molar-refractivity contribution in [3.63, 3.8) is 0 Å². The van der Waals surface area contributed by atoms with E-state index in [4.69, 9.17) is 14.9 Å². The molecule has 0 aliphatic heterocycles. The minimum atomic E-state index is -0.216. The number of Topliss-reactive ketones (excluding diaryl/α,β-unsaturated/α-hetero) is 1. The van der Waals surface area contributed by atoms with Crippen molar-refractivity contribution in [1.82, 2.24) is 10.2 Å². The number of fused-ring (bicyclic) bond motifs is 1. The highest BCUT2D eigenvalue weighted by Gasteiger charge is 2.33. The first-order valence-corrected chi connectivity index (χ1v) is 9.14. The third-order valence-corrected chi connectivity index (χ3v) is 5.25. The van der Waals surface area contributed by atoms with Crippen molar-refractivity contribution in [3.05, 3.63) is 70.0 Å². The highest BCUT2D eigenvalue weighted by Crippen LogP contribution is 2.40. The van der Waals surface area contributed by atoms with Crippen LogP contribution >= 0.6 is 15.9 Å². The number of halogens is 1. The summed E-state index contributed by atoms with van der Waals surface area (Å²) in [7, 11) is 1.58. The third-order valence-electron chi connectivity index (χ3n) is 4.60. The van der Waals surface area contributed by atoms with E-state index in [-0.39, 0.29) is 23.8 Å². The number of benzene rings is 2. The van der Waals surface area contributed by atoms with Gasteiger partial charge in [-0.25, -0.2) is 0 Å². The molecule has 1 aliphatic carbocycles. The van der Waals surface area contributed by atoms with Gasteiger partial charge in [0.2, 0.25) is 0 Å². The van der Waals surface area contributed by atoms with Crippen LogP contribution in [0, 0.1) is 5.41 Å². The van der Waals surface area contributed by atoms with Crippen molar-refractivity contribution in [2.24, 2.45) is 0 Å². The quantitative estimate of drug-likeness (QED) is 0.646. The first-order valence-electron chi connectivity index (χ1n) is 8.34. The maximum Gasteiger partial charge on any atom is 0.183 e. The molecule has 7 heteroatoms. The Hall–Kier alpha value is -2.93. The average molecular weight is 426 g/mol. The summed E-state index contributed by atoms with van der Waals surface area (Å²) >= 11 is 3.47. The molecule has 0 saturated carbocycles. The molecule has 2 aromatic carbocycles. The first-order chi connectivity index (χ1) is 13.1. The normalized spacial score (nSPS) is 16.1. The zero-order valence-electron chi connectivity index (χ0n) is 14.5. The van der Waals surface area contributed by atoms with E-state index in [0.29, 0.717) is 22.9 Å². The molecule has 27 heavy (non-hydrogen) atoms. The van der Waals surface area contributed by atoms with Crippen LogP contribution in [-0.2, 0) is 4.79 Å². The summed E-state index contributed by atoms with van der Waals surface area (Å²) < 4.78 is 12.3. The molecule has 6 nitrogen and oxygen atoms in total. The van der Waals surface area contributed by atoms with Crippen molar-refractivity contribution < 1.29 is 14.3 Å². The van der Waals surface area contributed by atoms with Crippen LogP contribution in [0.25, 0.3) is 0 Å². The Morgan fingerprint density at radius 3 is 2.78 bits per heavy atom. The molecule has 136 valence electrons. The average Bonchev–Trinajstić information content (AvgIpc) is 3.17. The topological polar surface area (TPSA) is 88.1 Å². The molecular formula is C20H16BrN3O3. The highest BCUT2D eigenvalue weighted by molar-refractivity contribution is 9.10. The molecular weight excluding hydrogens is 410 g/mol. The molecule has 0 fully saturated rings. The number of para-hydroxylation sites is 1. The highest BCUT2D eigenvalue weighted by atomic mass is 79.9. The molecule has 0 radical (unpaired) electrons. The van der Waals surface area contributed by atoms with E-state index in [1.807, 2.05) is 42.5 Å². The van der Waals surface area contributed by atoms with Gasteiger partial charge in [-0.05, 0) is 45.8 Å². The Kier molecular flexibility index (Phi) is 4.53. The van der Waals surface area contributed by atoms with Crippen LogP contribution in [0.4, 0.5) is 0 Å². The number of aromatic nitrogens is 2. The van der Waals surface area contributed by atoms with Crippen LogP contribution in [0.1, 0.15) is 29.2 Å². The van der Waals surface area contributed by atoms with E-state index < -0.39 is 0 Å². The van der Waals surface area contributed by atoms with Gasteiger partial charge in [0.1, 0.15) is 17.2 Å². The van der Waals surface area contributed by atoms with Crippen LogP contribution in [-0.4, -0.2) is 28.8 Å². The summed E-state index contributed by atoms with van der Waals surface area (Å²) in [6, 6.07) is 13.2. The van der Waals surface area contributed by atoms with Gasteiger partial charge >= 0.3 is 0 Å². The van der Waals surface area contributed by atoms with E-state index in [9.17, 15) is 4.79 Å². The number of carbonyl (C=O) groups is 1. The number of nitrogens with zero attached hydrogens (tertiary/aromatic N) is 1. The number of carbonyl (C=O) groups excluding carboxylic acids is 1. The molecule has 1 aromatic heterocycles. The first kappa shape index (κ1) is 17.5. The lowest BCUT2D eigenvalue weighted by Gasteiger charge is -2.22. The van der Waals surface area contributed by atoms with Gasteiger partial charge in [-0.3, -0.25) is 15.3 Å². The fourth-order valence-electron chi connectivity index (χ4n) is 3.22. The molecule has 0 bridgehead atoms. The van der Waals surface area contributed by atoms with Crippen LogP contribution < -0.4 is 9.47 Å². The Bertz CT molecular complexity index is 1040. The second kappa shape index (κ2) is 7.00. The van der Waals surface area contributed by atoms with Crippen LogP contribution in [0.5, 0.6) is 17.2 Å². The SMILES string of the molecule is COc1cc(C2CC(=O)C(=N)c3n[nH]cc32)ccc1Oc1ccccc1Br. The fourth-order valence-corrected chi connectivity index (χ4v) is 3.59. The predicted octanol–water partition coefficient (Wildman–Crippen LogP) is 4.45. The van der Waals surface area contributed by atoms with Crippen LogP contribution in [0.2, 0.25) is 0 Å². The number of H-pyrrole nitrogens is 1. The van der Waals surface area contributed by atoms with Gasteiger partial charge in [0, 0.05) is 24.1 Å². The Balaban J connectivity index is 1.70. The maximum atomic E-state index is 12.2. The Morgan fingerprint density at radius 2 is 2.00 bits per heavy atom. The molecule has 1 heterocycles. The van der Waals surface area contributed by atoms with Crippen molar-refractivity contribution in [1.29, 1.82) is 5.41 Å². The number of ketones is 1. The number of rotatable bonds is 4. The lowest BCUT2D eigenvalue weighted by molar-refractivity contribution is -0.113. The minimum absolute atomic E-state index is 0.0386. The zero-order valence-corrected chi connectivity index (χ0v) is 16.0. The zero-order chi connectivity index (χ0) is 19.0. The monoisotopic (exact) mass is 425 g/mol. The molecule has 1 aliphatic rings. The lowest BCUT2D eigenvalue weighted by Crippen LogP contribution is -2.25. The second-order valence-electron chi connectivity index (χ2n) is 6.19. The number of aromatic amines is 1. The molecule has 2 N–H and O–H groups in total. The van der Waals surface area contributed by atoms with Crippen LogP contribution in [0.3, 0.4) is 0 Å². The van der Waals surface area contributed by atoms with Gasteiger partial charge in [0.25, 0.3) is 0 Å².